The lowest BCUT2D eigenvalue weighted by Crippen LogP contribution is -2.19. The van der Waals surface area contributed by atoms with E-state index in [4.69, 9.17) is 35.3 Å². The zero-order valence-corrected chi connectivity index (χ0v) is 27.6. The number of halogens is 2. The van der Waals surface area contributed by atoms with Gasteiger partial charge >= 0.3 is 5.97 Å². The van der Waals surface area contributed by atoms with Gasteiger partial charge in [-0.2, -0.15) is 5.10 Å². The number of rotatable bonds is 11. The number of carbonyl (C=O) groups excluding carboxylic acids is 2. The van der Waals surface area contributed by atoms with Crippen LogP contribution in [0.4, 0.5) is 0 Å². The summed E-state index contributed by atoms with van der Waals surface area (Å²) in [6.07, 6.45) is 1.38. The molecule has 0 fully saturated rings. The summed E-state index contributed by atoms with van der Waals surface area (Å²) in [5.74, 6) is 0.630. The first kappa shape index (κ1) is 32.4. The molecule has 1 aromatic heterocycles. The molecule has 0 spiro atoms. The quantitative estimate of drug-likeness (QED) is 0.0626. The third-order valence-corrected chi connectivity index (χ3v) is 7.72. The molecule has 46 heavy (non-hydrogen) atoms. The summed E-state index contributed by atoms with van der Waals surface area (Å²) >= 11 is 10.0. The molecule has 1 heterocycles. The molecule has 1 amide bonds. The van der Waals surface area contributed by atoms with Crippen molar-refractivity contribution in [3.63, 3.8) is 0 Å². The molecular weight excluding hydrogens is 678 g/mol. The summed E-state index contributed by atoms with van der Waals surface area (Å²) in [5.41, 5.74) is 5.43. The van der Waals surface area contributed by atoms with Crippen molar-refractivity contribution < 1.29 is 33.3 Å². The second-order valence-electron chi connectivity index (χ2n) is 9.68. The van der Waals surface area contributed by atoms with Crippen LogP contribution < -0.4 is 29.1 Å². The summed E-state index contributed by atoms with van der Waals surface area (Å²) in [5, 5.41) is 5.43. The fourth-order valence-corrected chi connectivity index (χ4v) is 5.44. The standard InChI is InChI=1S/C34H29BrClN3O7/c1-5-45-22-11-12-26-24(17-22)30(23-8-6-7-9-25(23)36)31(38-26)33(40)39-37-18-20-14-21(35)10-13-27(20)46-34(41)19-15-28(42-2)32(44-4)29(16-19)43-3/h6-18,38H,5H2,1-4H3,(H,39,40). The van der Waals surface area contributed by atoms with Crippen LogP contribution in [0.3, 0.4) is 0 Å². The van der Waals surface area contributed by atoms with Crippen molar-refractivity contribution in [3.8, 4) is 39.9 Å². The molecule has 0 aliphatic rings. The minimum Gasteiger partial charge on any atom is -0.494 e. The Hall–Kier alpha value is -5.00. The summed E-state index contributed by atoms with van der Waals surface area (Å²) in [6.45, 7) is 2.40. The van der Waals surface area contributed by atoms with E-state index in [1.165, 1.54) is 39.7 Å². The van der Waals surface area contributed by atoms with E-state index >= 15 is 0 Å². The van der Waals surface area contributed by atoms with Crippen molar-refractivity contribution in [1.82, 2.24) is 10.4 Å². The molecule has 0 aliphatic carbocycles. The SMILES string of the molecule is CCOc1ccc2[nH]c(C(=O)NN=Cc3cc(Br)ccc3OC(=O)c3cc(OC)c(OC)c(OC)c3)c(-c3ccccc3Cl)c2c1. The van der Waals surface area contributed by atoms with E-state index in [1.54, 1.807) is 24.3 Å². The Balaban J connectivity index is 1.43. The molecule has 5 aromatic rings. The number of H-pyrrole nitrogens is 1. The number of hydrazone groups is 1. The summed E-state index contributed by atoms with van der Waals surface area (Å²) in [7, 11) is 4.38. The van der Waals surface area contributed by atoms with Gasteiger partial charge in [-0.25, -0.2) is 10.2 Å². The minimum atomic E-state index is -0.672. The number of fused-ring (bicyclic) bond motifs is 1. The highest BCUT2D eigenvalue weighted by atomic mass is 79.9. The third kappa shape index (κ3) is 6.80. The molecule has 0 aliphatic heterocycles. The minimum absolute atomic E-state index is 0.173. The molecule has 5 rings (SSSR count). The fourth-order valence-electron chi connectivity index (χ4n) is 4.83. The van der Waals surface area contributed by atoms with Crippen molar-refractivity contribution in [2.45, 2.75) is 6.92 Å². The lowest BCUT2D eigenvalue weighted by Gasteiger charge is -2.14. The summed E-state index contributed by atoms with van der Waals surface area (Å²) in [6, 6.07) is 20.8. The third-order valence-electron chi connectivity index (χ3n) is 6.90. The predicted molar refractivity (Wildman–Crippen MR) is 180 cm³/mol. The van der Waals surface area contributed by atoms with Gasteiger partial charge in [0.2, 0.25) is 5.75 Å². The first-order valence-electron chi connectivity index (χ1n) is 14.0. The Labute approximate surface area is 278 Å². The number of nitrogens with one attached hydrogen (secondary N) is 2. The smallest absolute Gasteiger partial charge is 0.343 e. The Bertz CT molecular complexity index is 1930. The molecule has 2 N–H and O–H groups in total. The molecule has 0 atom stereocenters. The van der Waals surface area contributed by atoms with E-state index in [0.717, 1.165) is 10.9 Å². The Morgan fingerprint density at radius 1 is 0.935 bits per heavy atom. The van der Waals surface area contributed by atoms with Gasteiger partial charge < -0.3 is 28.7 Å². The maximum atomic E-state index is 13.5. The van der Waals surface area contributed by atoms with Gasteiger partial charge in [-0.15, -0.1) is 0 Å². The maximum Gasteiger partial charge on any atom is 0.343 e. The van der Waals surface area contributed by atoms with Gasteiger partial charge in [-0.3, -0.25) is 4.79 Å². The average Bonchev–Trinajstić information content (AvgIpc) is 3.44. The molecule has 0 saturated carbocycles. The van der Waals surface area contributed by atoms with Crippen LogP contribution >= 0.6 is 27.5 Å². The zero-order chi connectivity index (χ0) is 32.8. The second-order valence-corrected chi connectivity index (χ2v) is 11.0. The van der Waals surface area contributed by atoms with Crippen LogP contribution in [0.1, 0.15) is 33.3 Å². The molecule has 0 saturated heterocycles. The molecule has 236 valence electrons. The summed E-state index contributed by atoms with van der Waals surface area (Å²) in [4.78, 5) is 29.9. The number of carbonyl (C=O) groups is 2. The molecule has 4 aromatic carbocycles. The highest BCUT2D eigenvalue weighted by Crippen LogP contribution is 2.39. The number of benzene rings is 4. The summed E-state index contributed by atoms with van der Waals surface area (Å²) < 4.78 is 28.2. The van der Waals surface area contributed by atoms with Crippen LogP contribution in [0.25, 0.3) is 22.0 Å². The van der Waals surface area contributed by atoms with Crippen molar-refractivity contribution in [3.05, 3.63) is 99.1 Å². The average molecular weight is 707 g/mol. The fraction of sp³-hybridized carbons (Fsp3) is 0.147. The van der Waals surface area contributed by atoms with Crippen LogP contribution in [0.5, 0.6) is 28.7 Å². The number of aromatic nitrogens is 1. The molecule has 0 bridgehead atoms. The number of esters is 1. The normalized spacial score (nSPS) is 11.0. The Morgan fingerprint density at radius 3 is 2.35 bits per heavy atom. The Morgan fingerprint density at radius 2 is 1.67 bits per heavy atom. The van der Waals surface area contributed by atoms with Crippen LogP contribution in [0.15, 0.2) is 82.4 Å². The van der Waals surface area contributed by atoms with E-state index < -0.39 is 11.9 Å². The first-order valence-corrected chi connectivity index (χ1v) is 15.1. The number of hydrogen-bond donors (Lipinski definition) is 2. The number of nitrogens with zero attached hydrogens (tertiary/aromatic N) is 1. The molecular formula is C34H29BrClN3O7. The van der Waals surface area contributed by atoms with E-state index in [0.29, 0.717) is 55.8 Å². The van der Waals surface area contributed by atoms with Crippen molar-refractivity contribution in [2.75, 3.05) is 27.9 Å². The van der Waals surface area contributed by atoms with E-state index in [9.17, 15) is 9.59 Å². The lowest BCUT2D eigenvalue weighted by molar-refractivity contribution is 0.0733. The van der Waals surface area contributed by atoms with Gasteiger partial charge in [0.05, 0.1) is 39.7 Å². The predicted octanol–water partition coefficient (Wildman–Crippen LogP) is 7.66. The van der Waals surface area contributed by atoms with Gasteiger partial charge in [0, 0.05) is 37.1 Å². The van der Waals surface area contributed by atoms with Crippen molar-refractivity contribution >= 4 is 56.5 Å². The Kier molecular flexibility index (Phi) is 10.1. The second kappa shape index (κ2) is 14.4. The van der Waals surface area contributed by atoms with Gasteiger partial charge in [-0.05, 0) is 61.5 Å². The van der Waals surface area contributed by atoms with Crippen molar-refractivity contribution in [2.24, 2.45) is 5.10 Å². The van der Waals surface area contributed by atoms with Gasteiger partial charge in [-0.1, -0.05) is 45.7 Å². The van der Waals surface area contributed by atoms with Gasteiger partial charge in [0.1, 0.15) is 17.2 Å². The number of ether oxygens (including phenoxy) is 5. The van der Waals surface area contributed by atoms with E-state index in [-0.39, 0.29) is 17.0 Å². The number of hydrogen-bond acceptors (Lipinski definition) is 8. The number of aromatic amines is 1. The lowest BCUT2D eigenvalue weighted by atomic mass is 10.0. The zero-order valence-electron chi connectivity index (χ0n) is 25.3. The van der Waals surface area contributed by atoms with Crippen LogP contribution in [-0.2, 0) is 0 Å². The number of amides is 1. The van der Waals surface area contributed by atoms with E-state index in [2.05, 4.69) is 31.4 Å². The monoisotopic (exact) mass is 705 g/mol. The number of methoxy groups -OCH3 is 3. The first-order chi connectivity index (χ1) is 22.3. The van der Waals surface area contributed by atoms with Crippen molar-refractivity contribution in [1.29, 1.82) is 0 Å². The molecule has 12 heteroatoms. The van der Waals surface area contributed by atoms with Crippen LogP contribution in [-0.4, -0.2) is 51.0 Å². The highest BCUT2D eigenvalue weighted by Gasteiger charge is 2.22. The van der Waals surface area contributed by atoms with Crippen LogP contribution in [0.2, 0.25) is 5.02 Å². The van der Waals surface area contributed by atoms with Crippen LogP contribution in [0, 0.1) is 0 Å². The largest absolute Gasteiger partial charge is 0.494 e. The molecule has 10 nitrogen and oxygen atoms in total. The van der Waals surface area contributed by atoms with Gasteiger partial charge in [0.15, 0.2) is 11.5 Å². The maximum absolute atomic E-state index is 13.5. The topological polar surface area (TPSA) is 120 Å². The molecule has 0 unspecified atom stereocenters. The highest BCUT2D eigenvalue weighted by molar-refractivity contribution is 9.10. The van der Waals surface area contributed by atoms with Gasteiger partial charge in [0.25, 0.3) is 5.91 Å². The van der Waals surface area contributed by atoms with E-state index in [1.807, 2.05) is 43.3 Å². The molecule has 0 radical (unpaired) electrons.